The Morgan fingerprint density at radius 1 is 1.00 bits per heavy atom. The Kier molecular flexibility index (Phi) is 5.22. The number of fused-ring (bicyclic) bond motifs is 3. The highest BCUT2D eigenvalue weighted by Crippen LogP contribution is 2.38. The zero-order valence-electron chi connectivity index (χ0n) is 16.4. The molecule has 0 saturated carbocycles. The molecule has 0 N–H and O–H groups in total. The first-order valence-corrected chi connectivity index (χ1v) is 11.6. The van der Waals surface area contributed by atoms with Gasteiger partial charge in [0.05, 0.1) is 27.3 Å². The van der Waals surface area contributed by atoms with Gasteiger partial charge in [0.25, 0.3) is 5.56 Å². The Morgan fingerprint density at radius 3 is 2.52 bits per heavy atom. The predicted molar refractivity (Wildman–Crippen MR) is 134 cm³/mol. The van der Waals surface area contributed by atoms with E-state index in [9.17, 15) is 4.79 Å². The molecule has 154 valence electrons. The molecule has 5 rings (SSSR count). The molecule has 2 heterocycles. The number of rotatable bonds is 3. The van der Waals surface area contributed by atoms with E-state index in [2.05, 4.69) is 13.0 Å². The Hall–Kier alpha value is -2.44. The fourth-order valence-electron chi connectivity index (χ4n) is 3.87. The Labute approximate surface area is 197 Å². The number of hydrogen-bond acceptors (Lipinski definition) is 3. The third-order valence-corrected chi connectivity index (χ3v) is 7.37. The quantitative estimate of drug-likeness (QED) is 0.250. The number of thiazole rings is 1. The van der Waals surface area contributed by atoms with E-state index >= 15 is 0 Å². The van der Waals surface area contributed by atoms with Crippen LogP contribution in [0.15, 0.2) is 71.5 Å². The summed E-state index contributed by atoms with van der Waals surface area (Å²) in [5.41, 5.74) is 4.48. The minimum absolute atomic E-state index is 0.0574. The highest BCUT2D eigenvalue weighted by molar-refractivity contribution is 7.73. The van der Waals surface area contributed by atoms with E-state index in [1.165, 1.54) is 11.3 Å². The summed E-state index contributed by atoms with van der Waals surface area (Å²) in [4.78, 5) is 14.5. The van der Waals surface area contributed by atoms with Gasteiger partial charge in [-0.15, -0.1) is 11.3 Å². The van der Waals surface area contributed by atoms with Crippen molar-refractivity contribution >= 4 is 63.3 Å². The zero-order chi connectivity index (χ0) is 21.7. The molecule has 0 fully saturated rings. The van der Waals surface area contributed by atoms with Crippen molar-refractivity contribution in [1.29, 1.82) is 0 Å². The SMILES string of the molecule is Cc1ccccc1Cn1c(=O)c2ccccc2n2c(=S)sc(-c3ccc(Cl)cc3Cl)c12. The van der Waals surface area contributed by atoms with Gasteiger partial charge in [0.15, 0.2) is 3.95 Å². The normalized spacial score (nSPS) is 11.5. The van der Waals surface area contributed by atoms with E-state index in [1.54, 1.807) is 16.7 Å². The first-order chi connectivity index (χ1) is 15.0. The van der Waals surface area contributed by atoms with E-state index in [1.807, 2.05) is 52.9 Å². The molecule has 0 aliphatic carbocycles. The number of nitrogens with zero attached hydrogens (tertiary/aromatic N) is 2. The summed E-state index contributed by atoms with van der Waals surface area (Å²) in [5, 5.41) is 1.71. The lowest BCUT2D eigenvalue weighted by Gasteiger charge is -2.15. The molecule has 0 atom stereocenters. The summed E-state index contributed by atoms with van der Waals surface area (Å²) >= 11 is 19.9. The van der Waals surface area contributed by atoms with Crippen molar-refractivity contribution in [1.82, 2.24) is 8.97 Å². The van der Waals surface area contributed by atoms with Gasteiger partial charge >= 0.3 is 0 Å². The molecular formula is C24H16Cl2N2OS2. The highest BCUT2D eigenvalue weighted by Gasteiger charge is 2.20. The number of aryl methyl sites for hydroxylation is 1. The van der Waals surface area contributed by atoms with Crippen LogP contribution in [-0.2, 0) is 6.54 Å². The smallest absolute Gasteiger partial charge is 0.261 e. The van der Waals surface area contributed by atoms with Crippen LogP contribution in [0.4, 0.5) is 0 Å². The van der Waals surface area contributed by atoms with E-state index < -0.39 is 0 Å². The standard InChI is InChI=1S/C24H16Cl2N2OS2/c1-14-6-2-3-7-15(14)13-27-22-21(17-11-10-16(25)12-19(17)26)31-24(30)28(22)20-9-5-4-8-18(20)23(27)29/h2-12H,13H2,1H3. The second-order valence-corrected chi connectivity index (χ2v) is 9.80. The molecule has 2 aromatic heterocycles. The summed E-state index contributed by atoms with van der Waals surface area (Å²) in [6.45, 7) is 2.48. The minimum Gasteiger partial charge on any atom is -0.288 e. The Bertz CT molecular complexity index is 1600. The Morgan fingerprint density at radius 2 is 1.74 bits per heavy atom. The van der Waals surface area contributed by atoms with Crippen LogP contribution in [0.1, 0.15) is 11.1 Å². The third-order valence-electron chi connectivity index (χ3n) is 5.43. The number of aromatic nitrogens is 2. The molecule has 0 radical (unpaired) electrons. The molecule has 0 saturated heterocycles. The van der Waals surface area contributed by atoms with Crippen LogP contribution >= 0.6 is 46.8 Å². The highest BCUT2D eigenvalue weighted by atomic mass is 35.5. The van der Waals surface area contributed by atoms with Gasteiger partial charge in [-0.25, -0.2) is 0 Å². The van der Waals surface area contributed by atoms with Gasteiger partial charge in [-0.1, -0.05) is 65.7 Å². The fraction of sp³-hybridized carbons (Fsp3) is 0.0833. The lowest BCUT2D eigenvalue weighted by atomic mass is 10.1. The van der Waals surface area contributed by atoms with E-state index in [0.29, 0.717) is 25.9 Å². The van der Waals surface area contributed by atoms with Gasteiger partial charge in [0, 0.05) is 10.6 Å². The van der Waals surface area contributed by atoms with Gasteiger partial charge in [0.1, 0.15) is 5.65 Å². The van der Waals surface area contributed by atoms with Gasteiger partial charge in [-0.2, -0.15) is 0 Å². The average molecular weight is 483 g/mol. The van der Waals surface area contributed by atoms with E-state index in [4.69, 9.17) is 35.4 Å². The molecule has 0 aliphatic heterocycles. The molecule has 3 nitrogen and oxygen atoms in total. The van der Waals surface area contributed by atoms with Crippen LogP contribution in [0.3, 0.4) is 0 Å². The van der Waals surface area contributed by atoms with Crippen LogP contribution in [-0.4, -0.2) is 8.97 Å². The maximum absolute atomic E-state index is 13.7. The number of benzene rings is 3. The number of para-hydroxylation sites is 1. The van der Waals surface area contributed by atoms with Crippen LogP contribution < -0.4 is 5.56 Å². The summed E-state index contributed by atoms with van der Waals surface area (Å²) < 4.78 is 4.44. The zero-order valence-corrected chi connectivity index (χ0v) is 19.6. The maximum Gasteiger partial charge on any atom is 0.261 e. The van der Waals surface area contributed by atoms with Crippen LogP contribution in [0, 0.1) is 10.9 Å². The van der Waals surface area contributed by atoms with Crippen LogP contribution in [0.5, 0.6) is 0 Å². The van der Waals surface area contributed by atoms with Crippen molar-refractivity contribution in [2.75, 3.05) is 0 Å². The lowest BCUT2D eigenvalue weighted by molar-refractivity contribution is 0.776. The second kappa shape index (κ2) is 7.92. The molecule has 0 bridgehead atoms. The Balaban J connectivity index is 1.94. The first-order valence-electron chi connectivity index (χ1n) is 9.63. The topological polar surface area (TPSA) is 26.4 Å². The van der Waals surface area contributed by atoms with Crippen molar-refractivity contribution in [3.8, 4) is 10.4 Å². The largest absolute Gasteiger partial charge is 0.288 e. The third kappa shape index (κ3) is 3.42. The summed E-state index contributed by atoms with van der Waals surface area (Å²) in [6.07, 6.45) is 0. The fourth-order valence-corrected chi connectivity index (χ4v) is 5.89. The molecule has 3 aromatic carbocycles. The molecular weight excluding hydrogens is 467 g/mol. The van der Waals surface area contributed by atoms with Crippen LogP contribution in [0.2, 0.25) is 10.0 Å². The predicted octanol–water partition coefficient (Wildman–Crippen LogP) is 7.38. The molecule has 0 unspecified atom stereocenters. The molecule has 0 aliphatic rings. The summed E-state index contributed by atoms with van der Waals surface area (Å²) in [6, 6.07) is 21.0. The monoisotopic (exact) mass is 482 g/mol. The van der Waals surface area contributed by atoms with E-state index in [0.717, 1.165) is 32.7 Å². The summed E-state index contributed by atoms with van der Waals surface area (Å²) in [7, 11) is 0. The first kappa shape index (κ1) is 20.5. The number of halogens is 2. The van der Waals surface area contributed by atoms with Gasteiger partial charge in [-0.3, -0.25) is 13.8 Å². The van der Waals surface area contributed by atoms with E-state index in [-0.39, 0.29) is 5.56 Å². The van der Waals surface area contributed by atoms with Crippen LogP contribution in [0.25, 0.3) is 27.0 Å². The second-order valence-electron chi connectivity index (χ2n) is 7.32. The van der Waals surface area contributed by atoms with Gasteiger partial charge < -0.3 is 0 Å². The van der Waals surface area contributed by atoms with Gasteiger partial charge in [0.2, 0.25) is 0 Å². The van der Waals surface area contributed by atoms with Crippen molar-refractivity contribution in [3.63, 3.8) is 0 Å². The maximum atomic E-state index is 13.7. The summed E-state index contributed by atoms with van der Waals surface area (Å²) in [5.74, 6) is 0. The molecule has 31 heavy (non-hydrogen) atoms. The van der Waals surface area contributed by atoms with Crippen molar-refractivity contribution in [3.05, 3.63) is 102 Å². The molecule has 0 amide bonds. The van der Waals surface area contributed by atoms with Crippen molar-refractivity contribution in [2.45, 2.75) is 13.5 Å². The molecule has 5 aromatic rings. The molecule has 7 heteroatoms. The number of hydrogen-bond donors (Lipinski definition) is 0. The van der Waals surface area contributed by atoms with Crippen molar-refractivity contribution < 1.29 is 0 Å². The van der Waals surface area contributed by atoms with Crippen molar-refractivity contribution in [2.24, 2.45) is 0 Å². The molecule has 0 spiro atoms. The average Bonchev–Trinajstić information content (AvgIpc) is 3.09. The van der Waals surface area contributed by atoms with Gasteiger partial charge in [-0.05, 0) is 54.5 Å². The minimum atomic E-state index is -0.0574. The lowest BCUT2D eigenvalue weighted by Crippen LogP contribution is -2.24.